The van der Waals surface area contributed by atoms with Gasteiger partial charge in [0.25, 0.3) is 0 Å². The summed E-state index contributed by atoms with van der Waals surface area (Å²) in [5.41, 5.74) is 0. The van der Waals surface area contributed by atoms with Crippen LogP contribution in [0.25, 0.3) is 0 Å². The van der Waals surface area contributed by atoms with E-state index in [-0.39, 0.29) is 12.7 Å². The fraction of sp³-hybridized carbons (Fsp3) is 0.960. The molecule has 3 rings (SSSR count). The number of carbonyl (C=O) groups is 1. The number of rotatable bonds is 13. The first-order valence-electron chi connectivity index (χ1n) is 14.2. The predicted octanol–water partition coefficient (Wildman–Crippen LogP) is -8.64. The van der Waals surface area contributed by atoms with Crippen LogP contribution in [0.4, 0.5) is 0 Å². The number of aldehydes is 1. The van der Waals surface area contributed by atoms with Crippen molar-refractivity contribution in [2.45, 2.75) is 123 Å². The summed E-state index contributed by atoms with van der Waals surface area (Å²) in [4.78, 5) is 10.9. The molecular weight excluding hydrogens is 602 g/mol. The van der Waals surface area contributed by atoms with E-state index in [1.54, 1.807) is 0 Å². The molecule has 0 aromatic heterocycles. The Morgan fingerprint density at radius 3 is 2.02 bits per heavy atom. The first-order chi connectivity index (χ1) is 20.7. The smallest absolute Gasteiger partial charge is 0.187 e. The summed E-state index contributed by atoms with van der Waals surface area (Å²) in [7, 11) is 0. The molecule has 1 saturated carbocycles. The van der Waals surface area contributed by atoms with Crippen LogP contribution in [0, 0.1) is 5.92 Å². The zero-order valence-corrected chi connectivity index (χ0v) is 23.7. The Balaban J connectivity index is 1.69. The minimum Gasteiger partial charge on any atom is -0.396 e. The molecule has 0 spiro atoms. The van der Waals surface area contributed by atoms with Crippen LogP contribution in [0.3, 0.4) is 0 Å². The maximum atomic E-state index is 10.9. The van der Waals surface area contributed by atoms with Crippen molar-refractivity contribution in [2.75, 3.05) is 19.8 Å². The SMILES string of the molecule is C[C@H]1O[C@H](O[C@H]2[C@H](O)[C@@H](O)[C@@H](O[C@@H]([C@H](O)[C@@H](O)C=O)[C@H](O)CO)O[C@@H]2CO)[C@H](O)[C@@H](O)[C@@H]1N[C@H]1CC(CO)[C@@H](O)[C@H](O)[C@H]1O. The van der Waals surface area contributed by atoms with Crippen LogP contribution in [-0.2, 0) is 23.7 Å². The van der Waals surface area contributed by atoms with Crippen LogP contribution >= 0.6 is 0 Å². The molecule has 44 heavy (non-hydrogen) atoms. The number of nitrogens with one attached hydrogen (secondary N) is 1. The zero-order valence-electron chi connectivity index (χ0n) is 23.7. The van der Waals surface area contributed by atoms with E-state index in [0.29, 0.717) is 0 Å². The maximum Gasteiger partial charge on any atom is 0.187 e. The van der Waals surface area contributed by atoms with Gasteiger partial charge in [0, 0.05) is 18.6 Å². The summed E-state index contributed by atoms with van der Waals surface area (Å²) in [5.74, 6) is -0.785. The van der Waals surface area contributed by atoms with Gasteiger partial charge in [0.2, 0.25) is 0 Å². The average Bonchev–Trinajstić information content (AvgIpc) is 3.02. The quantitative estimate of drug-likeness (QED) is 0.0825. The monoisotopic (exact) mass is 647 g/mol. The first kappa shape index (κ1) is 37.4. The fourth-order valence-corrected chi connectivity index (χ4v) is 5.72. The van der Waals surface area contributed by atoms with Crippen LogP contribution in [-0.4, -0.2) is 203 Å². The van der Waals surface area contributed by atoms with Crippen molar-refractivity contribution in [2.24, 2.45) is 5.92 Å². The van der Waals surface area contributed by atoms with Crippen molar-refractivity contribution < 1.29 is 90.1 Å². The van der Waals surface area contributed by atoms with E-state index in [4.69, 9.17) is 18.9 Å². The lowest BCUT2D eigenvalue weighted by atomic mass is 9.79. The Morgan fingerprint density at radius 1 is 0.818 bits per heavy atom. The number of aliphatic hydroxyl groups excluding tert-OH is 13. The highest BCUT2D eigenvalue weighted by molar-refractivity contribution is 5.56. The van der Waals surface area contributed by atoms with Crippen molar-refractivity contribution in [1.29, 1.82) is 0 Å². The summed E-state index contributed by atoms with van der Waals surface area (Å²) >= 11 is 0. The lowest BCUT2D eigenvalue weighted by Crippen LogP contribution is -2.69. The maximum absolute atomic E-state index is 10.9. The molecule has 0 radical (unpaired) electrons. The van der Waals surface area contributed by atoms with Crippen LogP contribution in [0.2, 0.25) is 0 Å². The molecule has 3 fully saturated rings. The van der Waals surface area contributed by atoms with Crippen molar-refractivity contribution in [1.82, 2.24) is 5.32 Å². The van der Waals surface area contributed by atoms with Crippen LogP contribution in [0.5, 0.6) is 0 Å². The molecule has 0 aromatic rings. The van der Waals surface area contributed by atoms with Gasteiger partial charge in [-0.15, -0.1) is 0 Å². The molecule has 2 heterocycles. The lowest BCUT2D eigenvalue weighted by molar-refractivity contribution is -0.361. The van der Waals surface area contributed by atoms with Crippen molar-refractivity contribution in [3.8, 4) is 0 Å². The van der Waals surface area contributed by atoms with E-state index < -0.39 is 136 Å². The number of hydrogen-bond donors (Lipinski definition) is 14. The lowest BCUT2D eigenvalue weighted by Gasteiger charge is -2.48. The highest BCUT2D eigenvalue weighted by Crippen LogP contribution is 2.32. The summed E-state index contributed by atoms with van der Waals surface area (Å²) in [6.07, 6.45) is -27.6. The van der Waals surface area contributed by atoms with Gasteiger partial charge in [-0.2, -0.15) is 0 Å². The topological polar surface area (TPSA) is 329 Å². The van der Waals surface area contributed by atoms with Gasteiger partial charge < -0.3 is 95.4 Å². The third kappa shape index (κ3) is 7.90. The minimum absolute atomic E-state index is 0.00803. The van der Waals surface area contributed by atoms with E-state index in [9.17, 15) is 71.2 Å². The van der Waals surface area contributed by atoms with Crippen molar-refractivity contribution in [3.63, 3.8) is 0 Å². The molecule has 1 aliphatic carbocycles. The van der Waals surface area contributed by atoms with Gasteiger partial charge >= 0.3 is 0 Å². The van der Waals surface area contributed by atoms with Gasteiger partial charge in [-0.1, -0.05) is 0 Å². The third-order valence-corrected chi connectivity index (χ3v) is 8.44. The highest BCUT2D eigenvalue weighted by Gasteiger charge is 2.52. The molecule has 19 heteroatoms. The summed E-state index contributed by atoms with van der Waals surface area (Å²) in [6.45, 7) is -0.910. The molecule has 3 aliphatic rings. The predicted molar refractivity (Wildman–Crippen MR) is 139 cm³/mol. The van der Waals surface area contributed by atoms with Gasteiger partial charge in [0.15, 0.2) is 18.9 Å². The second-order valence-corrected chi connectivity index (χ2v) is 11.4. The Labute approximate surface area is 251 Å². The Hall–Kier alpha value is -1.05. The molecule has 2 aliphatic heterocycles. The molecule has 1 unspecified atom stereocenters. The second-order valence-electron chi connectivity index (χ2n) is 11.4. The molecule has 19 nitrogen and oxygen atoms in total. The van der Waals surface area contributed by atoms with Crippen LogP contribution in [0.1, 0.15) is 13.3 Å². The molecule has 14 N–H and O–H groups in total. The van der Waals surface area contributed by atoms with E-state index in [1.165, 1.54) is 6.92 Å². The molecule has 0 amide bonds. The normalized spacial score (nSPS) is 46.2. The summed E-state index contributed by atoms with van der Waals surface area (Å²) < 4.78 is 22.0. The molecular formula is C25H45NO18. The molecule has 0 aromatic carbocycles. The fourth-order valence-electron chi connectivity index (χ4n) is 5.72. The standard InChI is InChI=1S/C25H45NO18/c1-7-13(26-9-2-8(3-27)14(33)18(37)15(9)34)17(36)20(39)24(41-7)44-23-12(6-30)42-25(21(40)19(23)38)43-22(11(32)5-29)16(35)10(31)4-28/h4,7-27,29-40H,2-3,5-6H2,1H3/t7-,8?,9+,10+,11-,12-,13-,14-,15+,16-,17+,18+,19-,20-,21-,22-,23-,24-,25-/m1/s1. The average molecular weight is 648 g/mol. The Bertz CT molecular complexity index is 886. The van der Waals surface area contributed by atoms with Gasteiger partial charge in [0.1, 0.15) is 67.1 Å². The molecule has 2 saturated heterocycles. The zero-order chi connectivity index (χ0) is 33.0. The Morgan fingerprint density at radius 2 is 1.45 bits per heavy atom. The van der Waals surface area contributed by atoms with E-state index in [1.807, 2.05) is 0 Å². The number of hydrogen-bond acceptors (Lipinski definition) is 19. The van der Waals surface area contributed by atoms with Gasteiger partial charge in [-0.3, -0.25) is 0 Å². The number of carbonyl (C=O) groups excluding carboxylic acids is 1. The summed E-state index contributed by atoms with van der Waals surface area (Å²) in [5, 5.41) is 135. The van der Waals surface area contributed by atoms with Crippen molar-refractivity contribution in [3.05, 3.63) is 0 Å². The van der Waals surface area contributed by atoms with Crippen LogP contribution < -0.4 is 5.32 Å². The van der Waals surface area contributed by atoms with Gasteiger partial charge in [-0.05, 0) is 13.3 Å². The largest absolute Gasteiger partial charge is 0.396 e. The second kappa shape index (κ2) is 16.2. The third-order valence-electron chi connectivity index (χ3n) is 8.44. The molecule has 0 bridgehead atoms. The Kier molecular flexibility index (Phi) is 13.8. The van der Waals surface area contributed by atoms with Crippen molar-refractivity contribution >= 4 is 6.29 Å². The summed E-state index contributed by atoms with van der Waals surface area (Å²) in [6, 6.07) is -2.00. The highest BCUT2D eigenvalue weighted by atomic mass is 16.7. The van der Waals surface area contributed by atoms with E-state index in [0.717, 1.165) is 0 Å². The van der Waals surface area contributed by atoms with Gasteiger partial charge in [-0.25, -0.2) is 0 Å². The van der Waals surface area contributed by atoms with E-state index in [2.05, 4.69) is 5.32 Å². The minimum atomic E-state index is -2.10. The number of ether oxygens (including phenoxy) is 4. The van der Waals surface area contributed by atoms with E-state index >= 15 is 0 Å². The number of aliphatic hydroxyl groups is 13. The van der Waals surface area contributed by atoms with Gasteiger partial charge in [0.05, 0.1) is 37.6 Å². The molecule has 258 valence electrons. The first-order valence-corrected chi connectivity index (χ1v) is 14.2. The molecule has 19 atom stereocenters. The van der Waals surface area contributed by atoms with Crippen LogP contribution in [0.15, 0.2) is 0 Å².